The number of para-hydroxylation sites is 1. The molecule has 9 nitrogen and oxygen atoms in total. The quantitative estimate of drug-likeness (QED) is 0.485. The van der Waals surface area contributed by atoms with Gasteiger partial charge in [-0.1, -0.05) is 18.2 Å². The Kier molecular flexibility index (Phi) is 3.78. The number of hydrogen-bond acceptors (Lipinski definition) is 7. The number of hydrogen-bond donors (Lipinski definition) is 0. The van der Waals surface area contributed by atoms with Crippen molar-refractivity contribution < 1.29 is 9.21 Å². The third kappa shape index (κ3) is 2.68. The summed E-state index contributed by atoms with van der Waals surface area (Å²) in [6, 6.07) is 10.7. The summed E-state index contributed by atoms with van der Waals surface area (Å²) >= 11 is 0. The highest BCUT2D eigenvalue weighted by Crippen LogP contribution is 2.18. The molecule has 1 aliphatic rings. The van der Waals surface area contributed by atoms with Crippen LogP contribution >= 0.6 is 0 Å². The predicted octanol–water partition coefficient (Wildman–Crippen LogP) is 1.19. The smallest absolute Gasteiger partial charge is 0.349 e. The Labute approximate surface area is 158 Å². The molecule has 0 radical (unpaired) electrons. The van der Waals surface area contributed by atoms with Gasteiger partial charge in [-0.25, -0.2) is 9.78 Å². The number of anilines is 1. The van der Waals surface area contributed by atoms with Gasteiger partial charge in [-0.15, -0.1) is 10.2 Å². The summed E-state index contributed by atoms with van der Waals surface area (Å²) in [6.45, 7) is 2.25. The van der Waals surface area contributed by atoms with E-state index in [4.69, 9.17) is 4.42 Å². The van der Waals surface area contributed by atoms with E-state index < -0.39 is 5.63 Å². The lowest BCUT2D eigenvalue weighted by molar-refractivity contribution is 0.0742. The van der Waals surface area contributed by atoms with Crippen molar-refractivity contribution in [2.75, 3.05) is 31.1 Å². The highest BCUT2D eigenvalue weighted by molar-refractivity contribution is 5.96. The maximum absolute atomic E-state index is 12.9. The van der Waals surface area contributed by atoms with E-state index >= 15 is 0 Å². The van der Waals surface area contributed by atoms with Crippen LogP contribution in [0.2, 0.25) is 0 Å². The SMILES string of the molecule is O=C(c1cc2ccccc2oc1=O)N1CCN(c2ccnc3nncn23)CC1. The summed E-state index contributed by atoms with van der Waals surface area (Å²) in [5.41, 5.74) is -0.0618. The van der Waals surface area contributed by atoms with Gasteiger partial charge in [-0.3, -0.25) is 9.20 Å². The first-order valence-corrected chi connectivity index (χ1v) is 8.92. The Morgan fingerprint density at radius 1 is 1.07 bits per heavy atom. The fourth-order valence-corrected chi connectivity index (χ4v) is 3.51. The molecule has 28 heavy (non-hydrogen) atoms. The van der Waals surface area contributed by atoms with E-state index in [-0.39, 0.29) is 11.5 Å². The number of fused-ring (bicyclic) bond motifs is 2. The van der Waals surface area contributed by atoms with Gasteiger partial charge >= 0.3 is 5.63 Å². The van der Waals surface area contributed by atoms with Crippen molar-refractivity contribution in [3.63, 3.8) is 0 Å². The number of amides is 1. The third-order valence-corrected chi connectivity index (χ3v) is 4.95. The summed E-state index contributed by atoms with van der Waals surface area (Å²) in [7, 11) is 0. The van der Waals surface area contributed by atoms with E-state index in [9.17, 15) is 9.59 Å². The van der Waals surface area contributed by atoms with E-state index in [0.717, 1.165) is 11.2 Å². The molecule has 140 valence electrons. The summed E-state index contributed by atoms with van der Waals surface area (Å²) < 4.78 is 7.11. The van der Waals surface area contributed by atoms with E-state index in [1.54, 1.807) is 35.6 Å². The molecule has 0 atom stereocenters. The number of benzene rings is 1. The molecule has 0 spiro atoms. The summed E-state index contributed by atoms with van der Waals surface area (Å²) in [5.74, 6) is 1.15. The largest absolute Gasteiger partial charge is 0.422 e. The Morgan fingerprint density at radius 3 is 2.75 bits per heavy atom. The molecule has 0 unspecified atom stereocenters. The number of rotatable bonds is 2. The van der Waals surface area contributed by atoms with Gasteiger partial charge in [-0.05, 0) is 18.2 Å². The molecule has 0 bridgehead atoms. The lowest BCUT2D eigenvalue weighted by Gasteiger charge is -2.35. The fraction of sp³-hybridized carbons (Fsp3) is 0.211. The van der Waals surface area contributed by atoms with Crippen molar-refractivity contribution >= 4 is 28.5 Å². The zero-order valence-corrected chi connectivity index (χ0v) is 14.9. The number of piperazine rings is 1. The fourth-order valence-electron chi connectivity index (χ4n) is 3.51. The van der Waals surface area contributed by atoms with Crippen LogP contribution in [0.3, 0.4) is 0 Å². The Morgan fingerprint density at radius 2 is 1.89 bits per heavy atom. The molecule has 4 heterocycles. The number of nitrogens with zero attached hydrogens (tertiary/aromatic N) is 6. The molecule has 5 rings (SSSR count). The van der Waals surface area contributed by atoms with Gasteiger partial charge < -0.3 is 14.2 Å². The molecule has 1 fully saturated rings. The maximum atomic E-state index is 12.9. The van der Waals surface area contributed by atoms with Crippen LogP contribution in [0.5, 0.6) is 0 Å². The zero-order chi connectivity index (χ0) is 19.1. The summed E-state index contributed by atoms with van der Waals surface area (Å²) in [4.78, 5) is 33.2. The van der Waals surface area contributed by atoms with Gasteiger partial charge in [0.1, 0.15) is 23.3 Å². The lowest BCUT2D eigenvalue weighted by atomic mass is 10.1. The van der Waals surface area contributed by atoms with Crippen molar-refractivity contribution in [2.24, 2.45) is 0 Å². The third-order valence-electron chi connectivity index (χ3n) is 4.95. The first-order chi connectivity index (χ1) is 13.7. The molecular formula is C19H16N6O3. The second kappa shape index (κ2) is 6.45. The molecule has 4 aromatic rings. The zero-order valence-electron chi connectivity index (χ0n) is 14.9. The normalized spacial score (nSPS) is 14.7. The summed E-state index contributed by atoms with van der Waals surface area (Å²) in [5, 5.41) is 8.58. The van der Waals surface area contributed by atoms with Crippen LogP contribution in [0.15, 0.2) is 58.1 Å². The Bertz CT molecular complexity index is 1240. The first kappa shape index (κ1) is 16.4. The highest BCUT2D eigenvalue weighted by atomic mass is 16.4. The number of carbonyl (C=O) groups excluding carboxylic acids is 1. The van der Waals surface area contributed by atoms with Crippen molar-refractivity contribution in [3.05, 3.63) is 64.9 Å². The minimum atomic E-state index is -0.605. The molecule has 0 N–H and O–H groups in total. The second-order valence-corrected chi connectivity index (χ2v) is 6.57. The molecular weight excluding hydrogens is 360 g/mol. The van der Waals surface area contributed by atoms with Gasteiger partial charge in [0.25, 0.3) is 11.7 Å². The lowest BCUT2D eigenvalue weighted by Crippen LogP contribution is -2.50. The molecule has 3 aromatic heterocycles. The van der Waals surface area contributed by atoms with Crippen molar-refractivity contribution in [1.29, 1.82) is 0 Å². The van der Waals surface area contributed by atoms with Crippen LogP contribution in [-0.4, -0.2) is 56.6 Å². The molecule has 1 amide bonds. The topological polar surface area (TPSA) is 96.8 Å². The monoisotopic (exact) mass is 376 g/mol. The molecule has 0 aliphatic carbocycles. The maximum Gasteiger partial charge on any atom is 0.349 e. The standard InChI is InChI=1S/C19H16N6O3/c26-17(14-11-13-3-1-2-4-15(13)28-18(14)27)24-9-7-23(8-10-24)16-5-6-20-19-22-21-12-25(16)19/h1-6,11-12H,7-10H2. The minimum absolute atomic E-state index is 0.0669. The van der Waals surface area contributed by atoms with E-state index in [1.165, 1.54) is 0 Å². The predicted molar refractivity (Wildman–Crippen MR) is 101 cm³/mol. The molecule has 0 saturated carbocycles. The van der Waals surface area contributed by atoms with Crippen molar-refractivity contribution in [1.82, 2.24) is 24.5 Å². The van der Waals surface area contributed by atoms with Crippen LogP contribution in [-0.2, 0) is 0 Å². The van der Waals surface area contributed by atoms with Gasteiger partial charge in [0.15, 0.2) is 0 Å². The van der Waals surface area contributed by atoms with Gasteiger partial charge in [0.05, 0.1) is 0 Å². The first-order valence-electron chi connectivity index (χ1n) is 8.92. The van der Waals surface area contributed by atoms with Crippen molar-refractivity contribution in [3.8, 4) is 0 Å². The Balaban J connectivity index is 1.37. The van der Waals surface area contributed by atoms with Gasteiger partial charge in [0.2, 0.25) is 0 Å². The molecule has 1 aliphatic heterocycles. The van der Waals surface area contributed by atoms with Crippen LogP contribution < -0.4 is 10.5 Å². The van der Waals surface area contributed by atoms with Crippen LogP contribution in [0.25, 0.3) is 16.7 Å². The highest BCUT2D eigenvalue weighted by Gasteiger charge is 2.26. The number of carbonyl (C=O) groups is 1. The molecule has 1 saturated heterocycles. The second-order valence-electron chi connectivity index (χ2n) is 6.57. The van der Waals surface area contributed by atoms with E-state index in [0.29, 0.717) is 37.5 Å². The molecule has 1 aromatic carbocycles. The van der Waals surface area contributed by atoms with Crippen molar-refractivity contribution in [2.45, 2.75) is 0 Å². The van der Waals surface area contributed by atoms with Crippen LogP contribution in [0.1, 0.15) is 10.4 Å². The average Bonchev–Trinajstić information content (AvgIpc) is 3.22. The summed E-state index contributed by atoms with van der Waals surface area (Å²) in [6.07, 6.45) is 3.31. The van der Waals surface area contributed by atoms with E-state index in [1.807, 2.05) is 22.6 Å². The van der Waals surface area contributed by atoms with Gasteiger partial charge in [-0.2, -0.15) is 0 Å². The minimum Gasteiger partial charge on any atom is -0.422 e. The van der Waals surface area contributed by atoms with E-state index in [2.05, 4.69) is 20.1 Å². The Hall–Kier alpha value is -3.75. The van der Waals surface area contributed by atoms with Crippen LogP contribution in [0.4, 0.5) is 5.82 Å². The molecule has 9 heteroatoms. The number of aromatic nitrogens is 4. The van der Waals surface area contributed by atoms with Gasteiger partial charge in [0, 0.05) is 37.8 Å². The van der Waals surface area contributed by atoms with Crippen LogP contribution in [0, 0.1) is 0 Å². The average molecular weight is 376 g/mol.